The van der Waals surface area contributed by atoms with Crippen molar-refractivity contribution in [1.82, 2.24) is 4.98 Å². The molecule has 12 heavy (non-hydrogen) atoms. The molecule has 0 aliphatic carbocycles. The van der Waals surface area contributed by atoms with Crippen molar-refractivity contribution in [1.29, 1.82) is 0 Å². The highest BCUT2D eigenvalue weighted by molar-refractivity contribution is 6.38. The van der Waals surface area contributed by atoms with Crippen LogP contribution in [0.5, 0.6) is 0 Å². The smallest absolute Gasteiger partial charge is 0.151 e. The van der Waals surface area contributed by atoms with Crippen LogP contribution >= 0.6 is 23.2 Å². The van der Waals surface area contributed by atoms with Crippen LogP contribution in [-0.4, -0.2) is 4.98 Å². The van der Waals surface area contributed by atoms with Crippen LogP contribution in [0, 0.1) is 5.82 Å². The molecule has 0 atom stereocenters. The number of rotatable bonds is 0. The van der Waals surface area contributed by atoms with Crippen molar-refractivity contribution >= 4 is 34.1 Å². The van der Waals surface area contributed by atoms with Gasteiger partial charge in [0.2, 0.25) is 0 Å². The van der Waals surface area contributed by atoms with E-state index in [9.17, 15) is 4.39 Å². The Labute approximate surface area is 78.1 Å². The fourth-order valence-electron chi connectivity index (χ4n) is 1.13. The third-order valence-corrected chi connectivity index (χ3v) is 2.26. The maximum Gasteiger partial charge on any atom is 0.151 e. The third-order valence-electron chi connectivity index (χ3n) is 1.69. The van der Waals surface area contributed by atoms with Gasteiger partial charge in [0.15, 0.2) is 5.82 Å². The Hall–Kier alpha value is -0.730. The Bertz CT molecular complexity index is 436. The summed E-state index contributed by atoms with van der Waals surface area (Å²) in [5, 5.41) is 0.904. The standard InChI is InChI=1S/C8H4Cl2FN/c9-5-3-6(10)8-4(7(5)11)1-2-12-8/h1-3,12H. The van der Waals surface area contributed by atoms with Crippen LogP contribution in [0.15, 0.2) is 18.3 Å². The van der Waals surface area contributed by atoms with Gasteiger partial charge < -0.3 is 4.98 Å². The van der Waals surface area contributed by atoms with E-state index in [1.807, 2.05) is 0 Å². The highest BCUT2D eigenvalue weighted by Gasteiger charge is 2.09. The summed E-state index contributed by atoms with van der Waals surface area (Å²) in [5.74, 6) is -0.433. The zero-order chi connectivity index (χ0) is 8.72. The lowest BCUT2D eigenvalue weighted by Crippen LogP contribution is -1.79. The van der Waals surface area contributed by atoms with E-state index in [2.05, 4.69) is 4.98 Å². The lowest BCUT2D eigenvalue weighted by atomic mass is 10.2. The number of halogens is 3. The molecule has 4 heteroatoms. The highest BCUT2D eigenvalue weighted by atomic mass is 35.5. The minimum absolute atomic E-state index is 0.0482. The quantitative estimate of drug-likeness (QED) is 0.630. The number of aromatic amines is 1. The van der Waals surface area contributed by atoms with Gasteiger partial charge in [-0.15, -0.1) is 0 Å². The van der Waals surface area contributed by atoms with Gasteiger partial charge in [-0.1, -0.05) is 23.2 Å². The van der Waals surface area contributed by atoms with Gasteiger partial charge in [-0.3, -0.25) is 0 Å². The molecule has 1 N–H and O–H groups in total. The predicted molar refractivity (Wildman–Crippen MR) is 48.3 cm³/mol. The Morgan fingerprint density at radius 3 is 2.75 bits per heavy atom. The molecule has 0 saturated heterocycles. The molecular weight excluding hydrogens is 200 g/mol. The summed E-state index contributed by atoms with van der Waals surface area (Å²) in [6.45, 7) is 0. The van der Waals surface area contributed by atoms with Crippen molar-refractivity contribution < 1.29 is 4.39 Å². The fraction of sp³-hybridized carbons (Fsp3) is 0. The van der Waals surface area contributed by atoms with Crippen molar-refractivity contribution in [3.8, 4) is 0 Å². The van der Waals surface area contributed by atoms with E-state index in [1.165, 1.54) is 6.07 Å². The monoisotopic (exact) mass is 203 g/mol. The Balaban J connectivity index is 2.97. The van der Waals surface area contributed by atoms with Gasteiger partial charge in [0, 0.05) is 11.6 Å². The van der Waals surface area contributed by atoms with E-state index < -0.39 is 5.82 Å². The molecule has 1 nitrogen and oxygen atoms in total. The van der Waals surface area contributed by atoms with E-state index in [-0.39, 0.29) is 5.02 Å². The summed E-state index contributed by atoms with van der Waals surface area (Å²) in [6.07, 6.45) is 1.62. The van der Waals surface area contributed by atoms with Crippen LogP contribution in [-0.2, 0) is 0 Å². The SMILES string of the molecule is Fc1c(Cl)cc(Cl)c2[nH]ccc12. The molecule has 1 aromatic heterocycles. The van der Waals surface area contributed by atoms with Crippen molar-refractivity contribution in [2.24, 2.45) is 0 Å². The molecule has 0 saturated carbocycles. The molecule has 0 spiro atoms. The van der Waals surface area contributed by atoms with E-state index in [1.54, 1.807) is 12.3 Å². The third kappa shape index (κ3) is 0.993. The van der Waals surface area contributed by atoms with Gasteiger partial charge in [-0.2, -0.15) is 0 Å². The summed E-state index contributed by atoms with van der Waals surface area (Å²) >= 11 is 11.4. The molecule has 1 heterocycles. The van der Waals surface area contributed by atoms with Crippen molar-refractivity contribution in [2.75, 3.05) is 0 Å². The zero-order valence-corrected chi connectivity index (χ0v) is 7.38. The summed E-state index contributed by atoms with van der Waals surface area (Å²) in [6, 6.07) is 2.99. The number of nitrogens with one attached hydrogen (secondary N) is 1. The van der Waals surface area contributed by atoms with Crippen LogP contribution < -0.4 is 0 Å². The summed E-state index contributed by atoms with van der Waals surface area (Å²) in [7, 11) is 0. The molecule has 0 radical (unpaired) electrons. The minimum Gasteiger partial charge on any atom is -0.360 e. The Kier molecular flexibility index (Phi) is 1.74. The predicted octanol–water partition coefficient (Wildman–Crippen LogP) is 3.61. The number of H-pyrrole nitrogens is 1. The molecule has 0 unspecified atom stereocenters. The second kappa shape index (κ2) is 2.64. The topological polar surface area (TPSA) is 15.8 Å². The van der Waals surface area contributed by atoms with Gasteiger partial charge in [-0.25, -0.2) is 4.39 Å². The van der Waals surface area contributed by atoms with E-state index >= 15 is 0 Å². The van der Waals surface area contributed by atoms with Crippen LogP contribution in [0.25, 0.3) is 10.9 Å². The van der Waals surface area contributed by atoms with Crippen LogP contribution in [0.3, 0.4) is 0 Å². The minimum atomic E-state index is -0.433. The maximum atomic E-state index is 13.2. The number of benzene rings is 1. The van der Waals surface area contributed by atoms with Crippen LogP contribution in [0.2, 0.25) is 10.0 Å². The van der Waals surface area contributed by atoms with E-state index in [4.69, 9.17) is 23.2 Å². The van der Waals surface area contributed by atoms with Crippen molar-refractivity contribution in [3.05, 3.63) is 34.2 Å². The number of hydrogen-bond donors (Lipinski definition) is 1. The van der Waals surface area contributed by atoms with Gasteiger partial charge in [0.05, 0.1) is 15.6 Å². The largest absolute Gasteiger partial charge is 0.360 e. The van der Waals surface area contributed by atoms with Gasteiger partial charge in [-0.05, 0) is 12.1 Å². The van der Waals surface area contributed by atoms with E-state index in [0.29, 0.717) is 15.9 Å². The zero-order valence-electron chi connectivity index (χ0n) is 5.87. The molecule has 0 amide bonds. The second-order valence-corrected chi connectivity index (χ2v) is 3.23. The number of fused-ring (bicyclic) bond motifs is 1. The average molecular weight is 204 g/mol. The van der Waals surface area contributed by atoms with Gasteiger partial charge in [0.1, 0.15) is 0 Å². The molecule has 1 aromatic carbocycles. The Morgan fingerprint density at radius 1 is 1.25 bits per heavy atom. The molecule has 0 aliphatic rings. The molecule has 62 valence electrons. The van der Waals surface area contributed by atoms with Crippen molar-refractivity contribution in [3.63, 3.8) is 0 Å². The summed E-state index contributed by atoms with van der Waals surface area (Å²) < 4.78 is 13.2. The number of aromatic nitrogens is 1. The number of hydrogen-bond acceptors (Lipinski definition) is 0. The average Bonchev–Trinajstić information content (AvgIpc) is 2.48. The Morgan fingerprint density at radius 2 is 2.00 bits per heavy atom. The molecule has 2 aromatic rings. The molecule has 0 fully saturated rings. The van der Waals surface area contributed by atoms with Crippen LogP contribution in [0.4, 0.5) is 4.39 Å². The maximum absolute atomic E-state index is 13.2. The molecule has 0 bridgehead atoms. The van der Waals surface area contributed by atoms with Gasteiger partial charge in [0.25, 0.3) is 0 Å². The highest BCUT2D eigenvalue weighted by Crippen LogP contribution is 2.29. The molecule has 2 rings (SSSR count). The first-order chi connectivity index (χ1) is 5.70. The normalized spacial score (nSPS) is 10.9. The first-order valence-electron chi connectivity index (χ1n) is 3.30. The molecule has 0 aliphatic heterocycles. The summed E-state index contributed by atoms with van der Waals surface area (Å²) in [5.41, 5.74) is 0.582. The first kappa shape index (κ1) is 7.90. The van der Waals surface area contributed by atoms with Crippen LogP contribution in [0.1, 0.15) is 0 Å². The van der Waals surface area contributed by atoms with E-state index in [0.717, 1.165) is 0 Å². The fourth-order valence-corrected chi connectivity index (χ4v) is 1.66. The molecular formula is C8H4Cl2FN. The summed E-state index contributed by atoms with van der Waals surface area (Å²) in [4.78, 5) is 2.83. The van der Waals surface area contributed by atoms with Crippen molar-refractivity contribution in [2.45, 2.75) is 0 Å². The van der Waals surface area contributed by atoms with Gasteiger partial charge >= 0.3 is 0 Å². The lowest BCUT2D eigenvalue weighted by Gasteiger charge is -1.97. The lowest BCUT2D eigenvalue weighted by molar-refractivity contribution is 0.640. The first-order valence-corrected chi connectivity index (χ1v) is 4.06. The second-order valence-electron chi connectivity index (χ2n) is 2.42.